The summed E-state index contributed by atoms with van der Waals surface area (Å²) in [6.07, 6.45) is 4.59. The van der Waals surface area contributed by atoms with Gasteiger partial charge in [-0.1, -0.05) is 30.3 Å². The van der Waals surface area contributed by atoms with Crippen LogP contribution in [0.1, 0.15) is 31.7 Å². The van der Waals surface area contributed by atoms with Gasteiger partial charge in [0, 0.05) is 25.1 Å². The van der Waals surface area contributed by atoms with E-state index in [4.69, 9.17) is 21.3 Å². The second kappa shape index (κ2) is 12.3. The second-order valence-electron chi connectivity index (χ2n) is 10.5. The molecule has 0 aliphatic carbocycles. The zero-order chi connectivity index (χ0) is 28.9. The van der Waals surface area contributed by atoms with Gasteiger partial charge in [0.25, 0.3) is 0 Å². The molecular weight excluding hydrogens is 528 g/mol. The largest absolute Gasteiger partial charge is 0.457 e. The molecule has 3 aromatic carbocycles. The summed E-state index contributed by atoms with van der Waals surface area (Å²) in [5.41, 5.74) is 16.0. The third kappa shape index (κ3) is 6.03. The standard InChI is InChI=1S/C32H34N8O2/c33-26-9-4-5-10-27(26)37-28(41)11-6-18-39-19-16-23(17-20-39)40-32-29(31(34)35-21-36-32)30(38-40)22-12-14-25(15-13-22)42-24-7-2-1-3-8-24/h1-5,7-10,12-15,21,23H,6,11,16-20,33H2,(H,37,41)(H2,34,35,36). The number of amides is 1. The normalized spacial score (nSPS) is 14.2. The van der Waals surface area contributed by atoms with Gasteiger partial charge < -0.3 is 26.4 Å². The lowest BCUT2D eigenvalue weighted by atomic mass is 10.0. The highest BCUT2D eigenvalue weighted by Crippen LogP contribution is 2.35. The molecular formula is C32H34N8O2. The van der Waals surface area contributed by atoms with Crippen LogP contribution in [0.5, 0.6) is 11.5 Å². The van der Waals surface area contributed by atoms with Gasteiger partial charge in [-0.05, 0) is 74.3 Å². The van der Waals surface area contributed by atoms with Gasteiger partial charge >= 0.3 is 0 Å². The number of piperidine rings is 1. The van der Waals surface area contributed by atoms with Crippen molar-refractivity contribution in [2.75, 3.05) is 36.4 Å². The number of rotatable bonds is 9. The van der Waals surface area contributed by atoms with Gasteiger partial charge in [0.2, 0.25) is 5.91 Å². The Kier molecular flexibility index (Phi) is 7.96. The quantitative estimate of drug-likeness (QED) is 0.200. The van der Waals surface area contributed by atoms with Gasteiger partial charge in [0.15, 0.2) is 5.65 Å². The lowest BCUT2D eigenvalue weighted by Gasteiger charge is -2.32. The minimum Gasteiger partial charge on any atom is -0.457 e. The van der Waals surface area contributed by atoms with E-state index in [2.05, 4.69) is 20.2 Å². The summed E-state index contributed by atoms with van der Waals surface area (Å²) in [6, 6.07) is 25.0. The molecule has 0 bridgehead atoms. The summed E-state index contributed by atoms with van der Waals surface area (Å²) in [5.74, 6) is 1.92. The van der Waals surface area contributed by atoms with Gasteiger partial charge in [-0.15, -0.1) is 0 Å². The summed E-state index contributed by atoms with van der Waals surface area (Å²) in [4.78, 5) is 23.6. The molecule has 1 fully saturated rings. The number of nitrogens with zero attached hydrogens (tertiary/aromatic N) is 5. The van der Waals surface area contributed by atoms with Crippen LogP contribution in [-0.2, 0) is 4.79 Å². The maximum Gasteiger partial charge on any atom is 0.224 e. The minimum atomic E-state index is -0.0183. The minimum absolute atomic E-state index is 0.0183. The van der Waals surface area contributed by atoms with Crippen LogP contribution in [0, 0.1) is 0 Å². The molecule has 0 radical (unpaired) electrons. The Morgan fingerprint density at radius 3 is 2.38 bits per heavy atom. The number of benzene rings is 3. The molecule has 0 atom stereocenters. The first-order valence-corrected chi connectivity index (χ1v) is 14.2. The first-order chi connectivity index (χ1) is 20.5. The molecule has 1 amide bonds. The number of likely N-dealkylation sites (tertiary alicyclic amines) is 1. The van der Waals surface area contributed by atoms with E-state index < -0.39 is 0 Å². The number of hydrogen-bond acceptors (Lipinski definition) is 8. The molecule has 1 saturated heterocycles. The molecule has 6 rings (SSSR count). The van der Waals surface area contributed by atoms with Crippen molar-refractivity contribution in [2.45, 2.75) is 31.7 Å². The van der Waals surface area contributed by atoms with E-state index >= 15 is 0 Å². The number of carbonyl (C=O) groups excluding carboxylic acids is 1. The molecule has 2 aromatic heterocycles. The molecule has 0 unspecified atom stereocenters. The molecule has 42 heavy (non-hydrogen) atoms. The number of ether oxygens (including phenoxy) is 1. The van der Waals surface area contributed by atoms with Gasteiger partial charge in [-0.25, -0.2) is 14.6 Å². The lowest BCUT2D eigenvalue weighted by molar-refractivity contribution is -0.116. The third-order valence-electron chi connectivity index (χ3n) is 7.64. The van der Waals surface area contributed by atoms with Crippen molar-refractivity contribution in [3.63, 3.8) is 0 Å². The summed E-state index contributed by atoms with van der Waals surface area (Å²) >= 11 is 0. The van der Waals surface area contributed by atoms with Crippen LogP contribution in [0.3, 0.4) is 0 Å². The second-order valence-corrected chi connectivity index (χ2v) is 10.5. The molecule has 3 heterocycles. The smallest absolute Gasteiger partial charge is 0.224 e. The Labute approximate surface area is 244 Å². The molecule has 5 N–H and O–H groups in total. The van der Waals surface area contributed by atoms with Gasteiger partial charge in [0.05, 0.1) is 22.8 Å². The Morgan fingerprint density at radius 1 is 0.905 bits per heavy atom. The van der Waals surface area contributed by atoms with E-state index in [0.717, 1.165) is 72.7 Å². The van der Waals surface area contributed by atoms with E-state index in [1.807, 2.05) is 77.5 Å². The van der Waals surface area contributed by atoms with Crippen molar-refractivity contribution in [1.82, 2.24) is 24.6 Å². The molecule has 0 spiro atoms. The van der Waals surface area contributed by atoms with Crippen molar-refractivity contribution < 1.29 is 9.53 Å². The number of nitrogens with two attached hydrogens (primary N) is 2. The van der Waals surface area contributed by atoms with E-state index in [-0.39, 0.29) is 11.9 Å². The van der Waals surface area contributed by atoms with Crippen molar-refractivity contribution in [3.05, 3.63) is 85.2 Å². The summed E-state index contributed by atoms with van der Waals surface area (Å²) in [7, 11) is 0. The van der Waals surface area contributed by atoms with E-state index in [1.54, 1.807) is 6.07 Å². The molecule has 1 aliphatic heterocycles. The van der Waals surface area contributed by atoms with Crippen LogP contribution in [0.15, 0.2) is 85.2 Å². The SMILES string of the molecule is Nc1ccccc1NC(=O)CCCN1CCC(n2nc(-c3ccc(Oc4ccccc4)cc3)c3c(N)ncnc32)CC1. The molecule has 10 heteroatoms. The summed E-state index contributed by atoms with van der Waals surface area (Å²) in [5, 5.41) is 8.70. The van der Waals surface area contributed by atoms with Crippen molar-refractivity contribution >= 4 is 34.1 Å². The third-order valence-corrected chi connectivity index (χ3v) is 7.64. The number of nitrogens with one attached hydrogen (secondary N) is 1. The van der Waals surface area contributed by atoms with Crippen molar-refractivity contribution in [1.29, 1.82) is 0 Å². The number of para-hydroxylation sites is 3. The van der Waals surface area contributed by atoms with Crippen LogP contribution in [0.4, 0.5) is 17.2 Å². The van der Waals surface area contributed by atoms with Gasteiger partial charge in [-0.3, -0.25) is 4.79 Å². The zero-order valence-electron chi connectivity index (χ0n) is 23.3. The Balaban J connectivity index is 1.09. The highest BCUT2D eigenvalue weighted by molar-refractivity contribution is 5.98. The van der Waals surface area contributed by atoms with Crippen LogP contribution in [0.25, 0.3) is 22.3 Å². The topological polar surface area (TPSA) is 137 Å². The highest BCUT2D eigenvalue weighted by atomic mass is 16.5. The predicted octanol–water partition coefficient (Wildman–Crippen LogP) is 5.51. The van der Waals surface area contributed by atoms with Gasteiger partial charge in [-0.2, -0.15) is 5.10 Å². The number of aromatic nitrogens is 4. The molecule has 0 saturated carbocycles. The summed E-state index contributed by atoms with van der Waals surface area (Å²) < 4.78 is 7.98. The fraction of sp³-hybridized carbons (Fsp3) is 0.250. The number of anilines is 3. The molecule has 214 valence electrons. The number of fused-ring (bicyclic) bond motifs is 1. The van der Waals surface area contributed by atoms with E-state index in [9.17, 15) is 4.79 Å². The summed E-state index contributed by atoms with van der Waals surface area (Å²) in [6.45, 7) is 2.70. The van der Waals surface area contributed by atoms with Crippen molar-refractivity contribution in [2.24, 2.45) is 0 Å². The number of carbonyl (C=O) groups is 1. The number of nitrogen functional groups attached to an aromatic ring is 2. The number of hydrogen-bond donors (Lipinski definition) is 3. The molecule has 1 aliphatic rings. The van der Waals surface area contributed by atoms with E-state index in [1.165, 1.54) is 6.33 Å². The molecule has 10 nitrogen and oxygen atoms in total. The lowest BCUT2D eigenvalue weighted by Crippen LogP contribution is -2.36. The maximum atomic E-state index is 12.4. The first-order valence-electron chi connectivity index (χ1n) is 14.2. The first kappa shape index (κ1) is 27.2. The predicted molar refractivity (Wildman–Crippen MR) is 165 cm³/mol. The average Bonchev–Trinajstić information content (AvgIpc) is 3.41. The highest BCUT2D eigenvalue weighted by Gasteiger charge is 2.26. The van der Waals surface area contributed by atoms with Crippen molar-refractivity contribution in [3.8, 4) is 22.8 Å². The zero-order valence-corrected chi connectivity index (χ0v) is 23.3. The van der Waals surface area contributed by atoms with Crippen LogP contribution in [-0.4, -0.2) is 50.2 Å². The maximum absolute atomic E-state index is 12.4. The van der Waals surface area contributed by atoms with E-state index in [0.29, 0.717) is 23.6 Å². The van der Waals surface area contributed by atoms with Gasteiger partial charge in [0.1, 0.15) is 29.3 Å². The molecule has 5 aromatic rings. The van der Waals surface area contributed by atoms with Crippen LogP contribution >= 0.6 is 0 Å². The van der Waals surface area contributed by atoms with Crippen LogP contribution in [0.2, 0.25) is 0 Å². The van der Waals surface area contributed by atoms with Crippen LogP contribution < -0.4 is 21.5 Å². The fourth-order valence-corrected chi connectivity index (χ4v) is 5.43. The average molecular weight is 563 g/mol. The Bertz CT molecular complexity index is 1660. The fourth-order valence-electron chi connectivity index (χ4n) is 5.43. The Morgan fingerprint density at radius 2 is 1.62 bits per heavy atom. The monoisotopic (exact) mass is 562 g/mol. The Hall–Kier alpha value is -4.96.